The van der Waals surface area contributed by atoms with E-state index in [1.54, 1.807) is 33.5 Å². The lowest BCUT2D eigenvalue weighted by Gasteiger charge is -2.40. The van der Waals surface area contributed by atoms with Crippen LogP contribution in [0.1, 0.15) is 125 Å². The van der Waals surface area contributed by atoms with Gasteiger partial charge in [-0.1, -0.05) is 19.9 Å². The number of aromatic amines is 2. The normalized spacial score (nSPS) is 22.1. The fourth-order valence-corrected chi connectivity index (χ4v) is 12.7. The Morgan fingerprint density at radius 2 is 1.47 bits per heavy atom. The molecule has 19 heteroatoms. The summed E-state index contributed by atoms with van der Waals surface area (Å²) in [5.74, 6) is 1.06. The number of H-pyrrole nitrogens is 2. The minimum atomic E-state index is -0.802. The summed E-state index contributed by atoms with van der Waals surface area (Å²) in [6.07, 6.45) is 8.05. The number of methoxy groups -OCH3 is 2. The minimum absolute atomic E-state index is 0.151. The molecule has 11 rings (SSSR count). The molecule has 0 bridgehead atoms. The first-order chi connectivity index (χ1) is 35.2. The molecule has 3 unspecified atom stereocenters. The lowest BCUT2D eigenvalue weighted by Crippen LogP contribution is -2.54. The molecule has 0 spiro atoms. The van der Waals surface area contributed by atoms with Crippen LogP contribution in [0.2, 0.25) is 0 Å². The van der Waals surface area contributed by atoms with Gasteiger partial charge in [-0.05, 0) is 125 Å². The fourth-order valence-electron chi connectivity index (χ4n) is 11.5. The first-order valence-corrected chi connectivity index (χ1v) is 26.3. The number of imidazole rings is 2. The summed E-state index contributed by atoms with van der Waals surface area (Å²) >= 11 is 1.73. The van der Waals surface area contributed by atoms with Gasteiger partial charge in [-0.2, -0.15) is 0 Å². The summed E-state index contributed by atoms with van der Waals surface area (Å²) in [4.78, 5) is 75.4. The zero-order valence-corrected chi connectivity index (χ0v) is 42.8. The first-order valence-electron chi connectivity index (χ1n) is 25.5. The molecule has 6 aromatic rings. The van der Waals surface area contributed by atoms with E-state index in [2.05, 4.69) is 43.4 Å². The summed E-state index contributed by atoms with van der Waals surface area (Å²) in [5, 5.41) is 6.44. The Hall–Kier alpha value is -6.73. The van der Waals surface area contributed by atoms with Gasteiger partial charge in [-0.15, -0.1) is 11.3 Å². The maximum atomic E-state index is 17.1. The van der Waals surface area contributed by atoms with Crippen LogP contribution in [0.4, 0.5) is 14.0 Å². The van der Waals surface area contributed by atoms with Crippen LogP contribution >= 0.6 is 11.3 Å². The number of fused-ring (bicyclic) bond motifs is 5. The molecule has 17 nitrogen and oxygen atoms in total. The quantitative estimate of drug-likeness (QED) is 0.0916. The van der Waals surface area contributed by atoms with E-state index < -0.39 is 41.9 Å². The third-order valence-electron chi connectivity index (χ3n) is 15.3. The number of benzene rings is 2. The number of rotatable bonds is 12. The van der Waals surface area contributed by atoms with Crippen molar-refractivity contribution < 1.29 is 42.5 Å². The number of thiophene rings is 1. The molecule has 5 aliphatic rings. The largest absolute Gasteiger partial charge is 0.464 e. The van der Waals surface area contributed by atoms with Crippen molar-refractivity contribution in [3.63, 3.8) is 0 Å². The summed E-state index contributed by atoms with van der Waals surface area (Å²) in [5.41, 5.74) is 4.24. The Balaban J connectivity index is 0.893. The Morgan fingerprint density at radius 1 is 0.808 bits per heavy atom. The van der Waals surface area contributed by atoms with E-state index in [9.17, 15) is 19.2 Å². The standard InChI is InChI=1S/C54H62FN9O8S/c1-28(2)45(60-52(67)69-5)49(65)62-18-7-9-38(62)47-56-26-35(58-47)30-13-14-37-33(21-30)23-40-44-34(55)22-32(24-41(44)72-51(64(37)40)43-16-15-42(73-43)29-11-12-29)36-27-57-48(59-36)39-10-8-19-63(39)50(66)46(61-53(68)70-6)31-17-20-71-54(3,4)25-31/h13-16,21-24,26-29,31,38-39,45-46,51H,7-12,17-20,25H2,1-6H3,(H,56,58)(H,57,59)(H,60,67)(H,61,68)/t31?,38-,39-,45-,46?,51?/m0/s1. The second kappa shape index (κ2) is 19.3. The van der Waals surface area contributed by atoms with Crippen LogP contribution < -0.4 is 15.4 Å². The summed E-state index contributed by atoms with van der Waals surface area (Å²) in [6, 6.07) is 13.6. The zero-order chi connectivity index (χ0) is 50.9. The molecule has 2 aromatic carbocycles. The Labute approximate surface area is 426 Å². The van der Waals surface area contributed by atoms with E-state index in [0.29, 0.717) is 84.8 Å². The second-order valence-electron chi connectivity index (χ2n) is 21.1. The van der Waals surface area contributed by atoms with Crippen LogP contribution in [-0.2, 0) is 23.8 Å². The molecular weight excluding hydrogens is 954 g/mol. The SMILES string of the molecule is COC(=O)NC(C(=O)N1CCC[C@H]1c1ncc(-c2cc(F)c3c(c2)OC(c2ccc(C4CC4)s2)n2c-3cc3cc(-c4cnc([C@@H]5CCCN5C(=O)[C@@H](NC(=O)OC)C(C)C)[nH]4)ccc32)[nH]1)C1CCOC(C)(C)C1. The van der Waals surface area contributed by atoms with E-state index in [0.717, 1.165) is 59.1 Å². The van der Waals surface area contributed by atoms with Crippen molar-refractivity contribution in [2.75, 3.05) is 33.9 Å². The molecular formula is C54H62FN9O8S. The molecule has 8 heterocycles. The Kier molecular flexibility index (Phi) is 12.8. The van der Waals surface area contributed by atoms with Crippen molar-refractivity contribution in [3.8, 4) is 39.5 Å². The monoisotopic (exact) mass is 1020 g/mol. The van der Waals surface area contributed by atoms with Crippen molar-refractivity contribution >= 4 is 46.2 Å². The maximum absolute atomic E-state index is 17.1. The molecule has 4 aliphatic heterocycles. The number of nitrogens with zero attached hydrogens (tertiary/aromatic N) is 5. The van der Waals surface area contributed by atoms with Gasteiger partial charge in [-0.25, -0.2) is 23.9 Å². The van der Waals surface area contributed by atoms with Gasteiger partial charge >= 0.3 is 12.2 Å². The number of ether oxygens (including phenoxy) is 4. The van der Waals surface area contributed by atoms with Crippen LogP contribution in [0.3, 0.4) is 0 Å². The molecule has 73 heavy (non-hydrogen) atoms. The predicted molar refractivity (Wildman–Crippen MR) is 271 cm³/mol. The molecule has 4 amide bonds. The maximum Gasteiger partial charge on any atom is 0.407 e. The molecule has 1 saturated carbocycles. The highest BCUT2D eigenvalue weighted by Crippen LogP contribution is 2.50. The van der Waals surface area contributed by atoms with Crippen molar-refractivity contribution in [1.82, 2.24) is 44.9 Å². The number of carbonyl (C=O) groups is 4. The third-order valence-corrected chi connectivity index (χ3v) is 16.6. The molecule has 384 valence electrons. The number of hydrogen-bond donors (Lipinski definition) is 4. The molecule has 4 aromatic heterocycles. The highest BCUT2D eigenvalue weighted by atomic mass is 32.1. The van der Waals surface area contributed by atoms with Gasteiger partial charge in [0.1, 0.15) is 35.3 Å². The van der Waals surface area contributed by atoms with Gasteiger partial charge in [0.25, 0.3) is 0 Å². The molecule has 0 radical (unpaired) electrons. The summed E-state index contributed by atoms with van der Waals surface area (Å²) < 4.78 is 41.8. The highest BCUT2D eigenvalue weighted by Gasteiger charge is 2.44. The predicted octanol–water partition coefficient (Wildman–Crippen LogP) is 9.74. The zero-order valence-electron chi connectivity index (χ0n) is 42.0. The molecule has 4 fully saturated rings. The molecule has 1 aliphatic carbocycles. The van der Waals surface area contributed by atoms with Crippen LogP contribution in [0, 0.1) is 17.7 Å². The van der Waals surface area contributed by atoms with Gasteiger partial charge in [0.2, 0.25) is 18.0 Å². The van der Waals surface area contributed by atoms with Crippen LogP contribution in [0.15, 0.2) is 60.9 Å². The Morgan fingerprint density at radius 3 is 2.12 bits per heavy atom. The first kappa shape index (κ1) is 48.5. The van der Waals surface area contributed by atoms with Gasteiger partial charge in [0, 0.05) is 41.1 Å². The van der Waals surface area contributed by atoms with Gasteiger partial charge in [0.15, 0.2) is 0 Å². The van der Waals surface area contributed by atoms with E-state index in [1.807, 2.05) is 52.0 Å². The van der Waals surface area contributed by atoms with Crippen molar-refractivity contribution in [2.45, 2.75) is 121 Å². The van der Waals surface area contributed by atoms with Gasteiger partial charge < -0.3 is 49.3 Å². The number of alkyl carbamates (subject to hydrolysis) is 2. The van der Waals surface area contributed by atoms with E-state index in [1.165, 1.54) is 25.2 Å². The molecule has 4 N–H and O–H groups in total. The number of nitrogens with one attached hydrogen (secondary N) is 4. The van der Waals surface area contributed by atoms with Gasteiger partial charge in [-0.3, -0.25) is 14.2 Å². The third kappa shape index (κ3) is 9.23. The summed E-state index contributed by atoms with van der Waals surface area (Å²) in [7, 11) is 2.57. The van der Waals surface area contributed by atoms with Crippen molar-refractivity contribution in [2.24, 2.45) is 11.8 Å². The van der Waals surface area contributed by atoms with Crippen LogP contribution in [-0.4, -0.2) is 110 Å². The smallest absolute Gasteiger partial charge is 0.407 e. The number of likely N-dealkylation sites (tertiary alicyclic amines) is 2. The fraction of sp³-hybridized carbons (Fsp3) is 0.481. The number of halogens is 1. The topological polar surface area (TPSA) is 198 Å². The number of carbonyl (C=O) groups excluding carboxylic acids is 4. The van der Waals surface area contributed by atoms with Crippen LogP contribution in [0.5, 0.6) is 5.75 Å². The van der Waals surface area contributed by atoms with Crippen LogP contribution in [0.25, 0.3) is 44.7 Å². The average Bonchev–Trinajstić information content (AvgIpc) is 4.11. The lowest BCUT2D eigenvalue weighted by molar-refractivity contribution is -0.139. The lowest BCUT2D eigenvalue weighted by atomic mass is 9.82. The van der Waals surface area contributed by atoms with E-state index in [-0.39, 0.29) is 35.7 Å². The van der Waals surface area contributed by atoms with E-state index >= 15 is 4.39 Å². The molecule has 6 atom stereocenters. The second-order valence-corrected chi connectivity index (χ2v) is 22.2. The Bertz CT molecular complexity index is 3100. The number of hydrogen-bond acceptors (Lipinski definition) is 11. The van der Waals surface area contributed by atoms with Crippen molar-refractivity contribution in [1.29, 1.82) is 0 Å². The van der Waals surface area contributed by atoms with Crippen molar-refractivity contribution in [3.05, 3.63) is 88.1 Å². The number of aromatic nitrogens is 5. The molecule has 3 saturated heterocycles. The summed E-state index contributed by atoms with van der Waals surface area (Å²) in [6.45, 7) is 9.29. The average molecular weight is 1020 g/mol. The van der Waals surface area contributed by atoms with E-state index in [4.69, 9.17) is 28.9 Å². The highest BCUT2D eigenvalue weighted by molar-refractivity contribution is 7.12. The minimum Gasteiger partial charge on any atom is -0.464 e. The van der Waals surface area contributed by atoms with Gasteiger partial charge in [0.05, 0.1) is 77.3 Å². The number of amides is 4.